The maximum atomic E-state index is 11.9. The van der Waals surface area contributed by atoms with Crippen LogP contribution in [0.25, 0.3) is 0 Å². The zero-order chi connectivity index (χ0) is 21.3. The molecule has 0 radical (unpaired) electrons. The number of rotatable bonds is 8. The van der Waals surface area contributed by atoms with Crippen molar-refractivity contribution in [2.24, 2.45) is 0 Å². The summed E-state index contributed by atoms with van der Waals surface area (Å²) in [7, 11) is -16.3. The molecule has 15 nitrogen and oxygen atoms in total. The molecule has 0 aliphatic carbocycles. The van der Waals surface area contributed by atoms with Gasteiger partial charge in [0.05, 0.1) is 25.4 Å². The van der Waals surface area contributed by atoms with Crippen LogP contribution in [0.15, 0.2) is 15.8 Å². The highest BCUT2D eigenvalue weighted by molar-refractivity contribution is 7.66. The standard InChI is InChI=1S/C10H17N2O13P3/c1-6-3-12(10(14)11-9(6)13)7-2-8(22-4-7)5-23-27(18,19)25-28(20,21)24-26(15,16)17/h3,7-8H,2,4-5H2,1H3,(H,18,19)(H,20,21)(H,11,13,14)(H2,15,16,17)/t7?,8-/m0/s1. The molecule has 1 aromatic rings. The minimum atomic E-state index is -5.59. The van der Waals surface area contributed by atoms with E-state index in [1.165, 1.54) is 17.7 Å². The van der Waals surface area contributed by atoms with Crippen molar-refractivity contribution >= 4 is 23.5 Å². The van der Waals surface area contributed by atoms with E-state index < -0.39 is 53.5 Å². The molecule has 0 bridgehead atoms. The number of phosphoric acid groups is 3. The van der Waals surface area contributed by atoms with E-state index in [2.05, 4.69) is 18.1 Å². The summed E-state index contributed by atoms with van der Waals surface area (Å²) < 4.78 is 51.6. The summed E-state index contributed by atoms with van der Waals surface area (Å²) >= 11 is 0. The van der Waals surface area contributed by atoms with E-state index in [0.717, 1.165) is 0 Å². The molecule has 0 saturated carbocycles. The van der Waals surface area contributed by atoms with Gasteiger partial charge in [-0.2, -0.15) is 8.62 Å². The van der Waals surface area contributed by atoms with Gasteiger partial charge in [0.25, 0.3) is 5.56 Å². The van der Waals surface area contributed by atoms with Gasteiger partial charge in [-0.15, -0.1) is 0 Å². The van der Waals surface area contributed by atoms with Gasteiger partial charge < -0.3 is 24.3 Å². The van der Waals surface area contributed by atoms with Crippen LogP contribution >= 0.6 is 23.5 Å². The summed E-state index contributed by atoms with van der Waals surface area (Å²) in [6.07, 6.45) is 0.634. The molecule has 1 saturated heterocycles. The highest BCUT2D eigenvalue weighted by atomic mass is 31.3. The predicted octanol–water partition coefficient (Wildman–Crippen LogP) is -0.482. The van der Waals surface area contributed by atoms with E-state index in [1.54, 1.807) is 0 Å². The molecular weight excluding hydrogens is 449 g/mol. The van der Waals surface area contributed by atoms with Crippen molar-refractivity contribution in [1.29, 1.82) is 0 Å². The van der Waals surface area contributed by atoms with E-state index in [9.17, 15) is 28.2 Å². The van der Waals surface area contributed by atoms with Crippen LogP contribution in [0.5, 0.6) is 0 Å². The molecule has 5 N–H and O–H groups in total. The molecule has 18 heteroatoms. The van der Waals surface area contributed by atoms with Crippen LogP contribution in [0.1, 0.15) is 18.0 Å². The molecule has 28 heavy (non-hydrogen) atoms. The zero-order valence-electron chi connectivity index (χ0n) is 14.1. The van der Waals surface area contributed by atoms with Crippen LogP contribution in [-0.4, -0.2) is 48.4 Å². The van der Waals surface area contributed by atoms with Crippen molar-refractivity contribution < 1.29 is 51.2 Å². The van der Waals surface area contributed by atoms with Crippen molar-refractivity contribution in [2.75, 3.05) is 13.2 Å². The quantitative estimate of drug-likeness (QED) is 0.306. The number of aryl methyl sites for hydroxylation is 1. The molecule has 0 spiro atoms. The van der Waals surface area contributed by atoms with Crippen LogP contribution in [0, 0.1) is 6.92 Å². The fourth-order valence-electron chi connectivity index (χ4n) is 2.33. The van der Waals surface area contributed by atoms with Crippen LogP contribution in [0.4, 0.5) is 0 Å². The number of aromatic amines is 1. The number of nitrogens with one attached hydrogen (secondary N) is 1. The molecule has 1 aromatic heterocycles. The Balaban J connectivity index is 1.95. The van der Waals surface area contributed by atoms with Gasteiger partial charge in [0.15, 0.2) is 0 Å². The Bertz CT molecular complexity index is 980. The first-order chi connectivity index (χ1) is 12.7. The Labute approximate surface area is 156 Å². The lowest BCUT2D eigenvalue weighted by molar-refractivity contribution is 0.0528. The van der Waals surface area contributed by atoms with Crippen LogP contribution in [-0.2, 0) is 31.6 Å². The lowest BCUT2D eigenvalue weighted by Crippen LogP contribution is -2.33. The molecule has 0 aromatic carbocycles. The minimum Gasteiger partial charge on any atom is -0.374 e. The maximum Gasteiger partial charge on any atom is 0.490 e. The molecule has 1 aliphatic heterocycles. The predicted molar refractivity (Wildman–Crippen MR) is 89.3 cm³/mol. The number of ether oxygens (including phenoxy) is 1. The van der Waals surface area contributed by atoms with Crippen LogP contribution in [0.2, 0.25) is 0 Å². The lowest BCUT2D eigenvalue weighted by atomic mass is 10.2. The number of aromatic nitrogens is 2. The van der Waals surface area contributed by atoms with Crippen molar-refractivity contribution in [1.82, 2.24) is 9.55 Å². The normalized spacial score (nSPS) is 24.6. The lowest BCUT2D eigenvalue weighted by Gasteiger charge is -2.17. The van der Waals surface area contributed by atoms with Crippen molar-refractivity contribution in [3.8, 4) is 0 Å². The van der Waals surface area contributed by atoms with Crippen molar-refractivity contribution in [3.05, 3.63) is 32.6 Å². The molecule has 2 rings (SSSR count). The van der Waals surface area contributed by atoms with E-state index in [1.807, 2.05) is 0 Å². The smallest absolute Gasteiger partial charge is 0.374 e. The van der Waals surface area contributed by atoms with Gasteiger partial charge in [-0.05, 0) is 13.3 Å². The van der Waals surface area contributed by atoms with Gasteiger partial charge in [0.2, 0.25) is 0 Å². The number of phosphoric ester groups is 1. The van der Waals surface area contributed by atoms with Gasteiger partial charge >= 0.3 is 29.2 Å². The summed E-state index contributed by atoms with van der Waals surface area (Å²) in [4.78, 5) is 60.7. The number of nitrogens with zero attached hydrogens (tertiary/aromatic N) is 1. The fourth-order valence-corrected chi connectivity index (χ4v) is 5.38. The highest BCUT2D eigenvalue weighted by Crippen LogP contribution is 2.66. The van der Waals surface area contributed by atoms with Crippen LogP contribution in [0.3, 0.4) is 0 Å². The largest absolute Gasteiger partial charge is 0.490 e. The third-order valence-electron chi connectivity index (χ3n) is 3.44. The molecule has 160 valence electrons. The number of hydrogen-bond donors (Lipinski definition) is 5. The Morgan fingerprint density at radius 3 is 2.43 bits per heavy atom. The Morgan fingerprint density at radius 2 is 1.82 bits per heavy atom. The summed E-state index contributed by atoms with van der Waals surface area (Å²) in [6.45, 7) is 0.893. The summed E-state index contributed by atoms with van der Waals surface area (Å²) in [5, 5.41) is 0. The van der Waals surface area contributed by atoms with Crippen molar-refractivity contribution in [2.45, 2.75) is 25.5 Å². The molecule has 2 heterocycles. The number of hydrogen-bond acceptors (Lipinski definition) is 9. The van der Waals surface area contributed by atoms with E-state index in [-0.39, 0.29) is 18.6 Å². The third kappa shape index (κ3) is 6.83. The zero-order valence-corrected chi connectivity index (χ0v) is 16.8. The third-order valence-corrected chi connectivity index (χ3v) is 7.24. The topological polar surface area (TPSA) is 224 Å². The fraction of sp³-hybridized carbons (Fsp3) is 0.600. The first-order valence-electron chi connectivity index (χ1n) is 7.39. The van der Waals surface area contributed by atoms with Gasteiger partial charge in [-0.3, -0.25) is 18.9 Å². The van der Waals surface area contributed by atoms with E-state index in [0.29, 0.717) is 0 Å². The summed E-state index contributed by atoms with van der Waals surface area (Å²) in [5.74, 6) is 0. The monoisotopic (exact) mass is 466 g/mol. The Hall–Kier alpha value is -0.950. The molecule has 1 fully saturated rings. The van der Waals surface area contributed by atoms with Crippen LogP contribution < -0.4 is 11.2 Å². The number of H-pyrrole nitrogens is 1. The molecule has 0 amide bonds. The summed E-state index contributed by atoms with van der Waals surface area (Å²) in [6, 6.07) is -0.516. The second kappa shape index (κ2) is 8.42. The molecule has 3 unspecified atom stereocenters. The summed E-state index contributed by atoms with van der Waals surface area (Å²) in [5.41, 5.74) is -0.918. The SMILES string of the molecule is Cc1cn(C2CO[C@H](COP(=O)(O)OP(=O)(O)OP(=O)(O)O)C2)c(=O)[nH]c1=O. The molecule has 1 aliphatic rings. The molecular formula is C10H17N2O13P3. The maximum absolute atomic E-state index is 11.9. The first-order valence-corrected chi connectivity index (χ1v) is 11.9. The van der Waals surface area contributed by atoms with E-state index in [4.69, 9.17) is 19.4 Å². The van der Waals surface area contributed by atoms with E-state index >= 15 is 0 Å². The average Bonchev–Trinajstić information content (AvgIpc) is 2.94. The second-order valence-electron chi connectivity index (χ2n) is 5.71. The first kappa shape index (κ1) is 23.3. The highest BCUT2D eigenvalue weighted by Gasteiger charge is 2.41. The Morgan fingerprint density at radius 1 is 1.18 bits per heavy atom. The van der Waals surface area contributed by atoms with Gasteiger partial charge in [-0.1, -0.05) is 0 Å². The second-order valence-corrected chi connectivity index (χ2v) is 10.1. The van der Waals surface area contributed by atoms with Gasteiger partial charge in [0.1, 0.15) is 0 Å². The average molecular weight is 466 g/mol. The Kier molecular flexibility index (Phi) is 7.02. The minimum absolute atomic E-state index is 0.00974. The molecule has 4 atom stereocenters. The van der Waals surface area contributed by atoms with Gasteiger partial charge in [0, 0.05) is 11.8 Å². The van der Waals surface area contributed by atoms with Crippen molar-refractivity contribution in [3.63, 3.8) is 0 Å². The van der Waals surface area contributed by atoms with Gasteiger partial charge in [-0.25, -0.2) is 18.5 Å².